The van der Waals surface area contributed by atoms with Gasteiger partial charge in [0.15, 0.2) is 10.3 Å². The average Bonchev–Trinajstić information content (AvgIpc) is 2.06. The molecule has 13 heavy (non-hydrogen) atoms. The molecule has 0 saturated heterocycles. The van der Waals surface area contributed by atoms with Crippen LogP contribution in [0.1, 0.15) is 12.0 Å². The van der Waals surface area contributed by atoms with Crippen LogP contribution in [0.15, 0.2) is 6.07 Å². The second-order valence-corrected chi connectivity index (χ2v) is 3.12. The highest BCUT2D eigenvalue weighted by molar-refractivity contribution is 6.31. The molecule has 0 amide bonds. The molecule has 0 aliphatic rings. The number of carbonyl (C=O) groups is 1. The van der Waals surface area contributed by atoms with E-state index in [1.165, 1.54) is 6.07 Å². The van der Waals surface area contributed by atoms with E-state index in [4.69, 9.17) is 28.3 Å². The van der Waals surface area contributed by atoms with Gasteiger partial charge in [0.1, 0.15) is 0 Å². The molecule has 0 bridgehead atoms. The normalized spacial score (nSPS) is 10.0. The zero-order chi connectivity index (χ0) is 9.84. The molecule has 0 spiro atoms. The van der Waals surface area contributed by atoms with Gasteiger partial charge in [-0.05, 0) is 18.1 Å². The summed E-state index contributed by atoms with van der Waals surface area (Å²) in [7, 11) is 0. The molecule has 4 nitrogen and oxygen atoms in total. The van der Waals surface area contributed by atoms with Crippen LogP contribution in [0.5, 0.6) is 0 Å². The Morgan fingerprint density at radius 3 is 2.77 bits per heavy atom. The van der Waals surface area contributed by atoms with E-state index in [-0.39, 0.29) is 16.7 Å². The molecular weight excluding hydrogens is 215 g/mol. The fourth-order valence-corrected chi connectivity index (χ4v) is 1.16. The fraction of sp³-hybridized carbons (Fsp3) is 0.286. The van der Waals surface area contributed by atoms with Gasteiger partial charge in [-0.2, -0.15) is 0 Å². The van der Waals surface area contributed by atoms with Crippen LogP contribution < -0.4 is 0 Å². The van der Waals surface area contributed by atoms with Crippen molar-refractivity contribution in [2.24, 2.45) is 0 Å². The summed E-state index contributed by atoms with van der Waals surface area (Å²) in [6.07, 6.45) is 0.311. The Morgan fingerprint density at radius 2 is 2.15 bits per heavy atom. The number of carboxylic acids is 1. The predicted octanol–water partition coefficient (Wildman–Crippen LogP) is 1.80. The lowest BCUT2D eigenvalue weighted by Gasteiger charge is -1.99. The van der Waals surface area contributed by atoms with Crippen molar-refractivity contribution in [3.8, 4) is 0 Å². The fourth-order valence-electron chi connectivity index (χ4n) is 0.805. The molecule has 1 heterocycles. The van der Waals surface area contributed by atoms with E-state index in [1.807, 2.05) is 0 Å². The second kappa shape index (κ2) is 4.39. The number of aromatic nitrogens is 2. The van der Waals surface area contributed by atoms with E-state index in [9.17, 15) is 4.79 Å². The van der Waals surface area contributed by atoms with Crippen LogP contribution >= 0.6 is 23.2 Å². The van der Waals surface area contributed by atoms with Crippen molar-refractivity contribution in [3.63, 3.8) is 0 Å². The Kier molecular flexibility index (Phi) is 3.45. The zero-order valence-electron chi connectivity index (χ0n) is 6.50. The van der Waals surface area contributed by atoms with E-state index >= 15 is 0 Å². The molecule has 70 valence electrons. The van der Waals surface area contributed by atoms with Crippen molar-refractivity contribution >= 4 is 29.2 Å². The highest BCUT2D eigenvalue weighted by Crippen LogP contribution is 2.16. The van der Waals surface area contributed by atoms with Crippen LogP contribution in [0.25, 0.3) is 0 Å². The minimum atomic E-state index is -0.885. The molecule has 1 aromatic heterocycles. The van der Waals surface area contributed by atoms with Crippen molar-refractivity contribution in [1.82, 2.24) is 10.2 Å². The first-order valence-corrected chi connectivity index (χ1v) is 4.24. The molecule has 0 atom stereocenters. The van der Waals surface area contributed by atoms with Crippen molar-refractivity contribution in [2.75, 3.05) is 0 Å². The largest absolute Gasteiger partial charge is 0.481 e. The SMILES string of the molecule is O=C(O)CCc1cc(Cl)nnc1Cl. The molecule has 1 aromatic rings. The second-order valence-electron chi connectivity index (χ2n) is 2.38. The Morgan fingerprint density at radius 1 is 1.46 bits per heavy atom. The summed E-state index contributed by atoms with van der Waals surface area (Å²) in [5.74, 6) is -0.885. The van der Waals surface area contributed by atoms with Crippen LogP contribution in [0.3, 0.4) is 0 Å². The molecule has 0 unspecified atom stereocenters. The van der Waals surface area contributed by atoms with E-state index in [0.29, 0.717) is 12.0 Å². The maximum Gasteiger partial charge on any atom is 0.303 e. The number of aliphatic carboxylic acids is 1. The number of hydrogen-bond acceptors (Lipinski definition) is 3. The third kappa shape index (κ3) is 3.16. The quantitative estimate of drug-likeness (QED) is 0.845. The predicted molar refractivity (Wildman–Crippen MR) is 48.0 cm³/mol. The Balaban J connectivity index is 2.75. The molecule has 0 radical (unpaired) electrons. The molecule has 1 N–H and O–H groups in total. The molecule has 0 aliphatic carbocycles. The van der Waals surface area contributed by atoms with Crippen LogP contribution in [-0.2, 0) is 11.2 Å². The van der Waals surface area contributed by atoms with Gasteiger partial charge in [-0.25, -0.2) is 0 Å². The molecule has 0 aromatic carbocycles. The minimum Gasteiger partial charge on any atom is -0.481 e. The summed E-state index contributed by atoms with van der Waals surface area (Å²) in [5.41, 5.74) is 0.601. The van der Waals surface area contributed by atoms with E-state index in [2.05, 4.69) is 10.2 Å². The Labute approximate surface area is 84.5 Å². The monoisotopic (exact) mass is 220 g/mol. The van der Waals surface area contributed by atoms with E-state index in [1.54, 1.807) is 0 Å². The number of nitrogens with zero attached hydrogens (tertiary/aromatic N) is 2. The van der Waals surface area contributed by atoms with Crippen LogP contribution in [-0.4, -0.2) is 21.3 Å². The molecular formula is C7H6Cl2N2O2. The third-order valence-corrected chi connectivity index (χ3v) is 1.90. The standard InChI is InChI=1S/C7H6Cl2N2O2/c8-5-3-4(1-2-6(12)13)7(9)11-10-5/h3H,1-2H2,(H,12,13). The van der Waals surface area contributed by atoms with Gasteiger partial charge in [0.05, 0.1) is 0 Å². The highest BCUT2D eigenvalue weighted by Gasteiger charge is 2.06. The van der Waals surface area contributed by atoms with Crippen molar-refractivity contribution in [1.29, 1.82) is 0 Å². The molecule has 6 heteroatoms. The van der Waals surface area contributed by atoms with Gasteiger partial charge >= 0.3 is 5.97 Å². The average molecular weight is 221 g/mol. The maximum atomic E-state index is 10.3. The lowest BCUT2D eigenvalue weighted by molar-refractivity contribution is -0.136. The Hall–Kier alpha value is -0.870. The maximum absolute atomic E-state index is 10.3. The first-order valence-electron chi connectivity index (χ1n) is 3.49. The van der Waals surface area contributed by atoms with Gasteiger partial charge in [0.2, 0.25) is 0 Å². The van der Waals surface area contributed by atoms with Gasteiger partial charge in [0, 0.05) is 6.42 Å². The lowest BCUT2D eigenvalue weighted by Crippen LogP contribution is -1.99. The number of aryl methyl sites for hydroxylation is 1. The number of rotatable bonds is 3. The molecule has 0 saturated carbocycles. The highest BCUT2D eigenvalue weighted by atomic mass is 35.5. The van der Waals surface area contributed by atoms with Crippen molar-refractivity contribution < 1.29 is 9.90 Å². The summed E-state index contributed by atoms with van der Waals surface area (Å²) in [6, 6.07) is 1.51. The summed E-state index contributed by atoms with van der Waals surface area (Å²) < 4.78 is 0. The lowest BCUT2D eigenvalue weighted by atomic mass is 10.2. The third-order valence-electron chi connectivity index (χ3n) is 1.40. The molecule has 1 rings (SSSR count). The molecule has 0 aliphatic heterocycles. The van der Waals surface area contributed by atoms with Gasteiger partial charge < -0.3 is 5.11 Å². The summed E-state index contributed by atoms with van der Waals surface area (Å²) in [4.78, 5) is 10.3. The van der Waals surface area contributed by atoms with Gasteiger partial charge in [0.25, 0.3) is 0 Å². The summed E-state index contributed by atoms with van der Waals surface area (Å²) >= 11 is 11.2. The topological polar surface area (TPSA) is 63.1 Å². The summed E-state index contributed by atoms with van der Waals surface area (Å²) in [5, 5.41) is 15.9. The van der Waals surface area contributed by atoms with Gasteiger partial charge in [-0.3, -0.25) is 4.79 Å². The van der Waals surface area contributed by atoms with Crippen molar-refractivity contribution in [2.45, 2.75) is 12.8 Å². The Bertz CT molecular complexity index is 330. The number of carboxylic acid groups (broad SMARTS) is 1. The first kappa shape index (κ1) is 10.2. The van der Waals surface area contributed by atoms with E-state index < -0.39 is 5.97 Å². The van der Waals surface area contributed by atoms with Crippen LogP contribution in [0, 0.1) is 0 Å². The molecule has 0 fully saturated rings. The van der Waals surface area contributed by atoms with Crippen LogP contribution in [0.4, 0.5) is 0 Å². The zero-order valence-corrected chi connectivity index (χ0v) is 8.01. The smallest absolute Gasteiger partial charge is 0.303 e. The number of hydrogen-bond donors (Lipinski definition) is 1. The van der Waals surface area contributed by atoms with Gasteiger partial charge in [-0.15, -0.1) is 10.2 Å². The van der Waals surface area contributed by atoms with Crippen LogP contribution in [0.2, 0.25) is 10.3 Å². The van der Waals surface area contributed by atoms with E-state index in [0.717, 1.165) is 0 Å². The summed E-state index contributed by atoms with van der Waals surface area (Å²) in [6.45, 7) is 0. The van der Waals surface area contributed by atoms with Crippen molar-refractivity contribution in [3.05, 3.63) is 21.9 Å². The number of halogens is 2. The van der Waals surface area contributed by atoms with Gasteiger partial charge in [-0.1, -0.05) is 23.2 Å². The minimum absolute atomic E-state index is 0.00173. The first-order chi connectivity index (χ1) is 6.09.